The van der Waals surface area contributed by atoms with Gasteiger partial charge in [0.25, 0.3) is 0 Å². The standard InChI is InChI=1S/C12H25NO2.C3H6O2.Na.H/c1-3-4-5-6-7-8-9-10-13-11(2)12(14)15;1-2-3(4)5;;/h11,13H,3-10H2,1-2H3,(H,14,15);2H2,1H3,(H,4,5);;. The van der Waals surface area contributed by atoms with Crippen molar-refractivity contribution in [2.24, 2.45) is 0 Å². The first-order chi connectivity index (χ1) is 9.45. The zero-order valence-corrected chi connectivity index (χ0v) is 13.2. The van der Waals surface area contributed by atoms with E-state index in [0.29, 0.717) is 0 Å². The van der Waals surface area contributed by atoms with Gasteiger partial charge in [0.2, 0.25) is 0 Å². The molecule has 0 fully saturated rings. The van der Waals surface area contributed by atoms with E-state index < -0.39 is 18.0 Å². The van der Waals surface area contributed by atoms with E-state index in [1.54, 1.807) is 13.8 Å². The van der Waals surface area contributed by atoms with Crippen molar-refractivity contribution in [3.63, 3.8) is 0 Å². The zero-order valence-electron chi connectivity index (χ0n) is 13.2. The van der Waals surface area contributed by atoms with E-state index in [4.69, 9.17) is 10.2 Å². The molecule has 0 spiro atoms. The number of carboxylic acids is 2. The monoisotopic (exact) mass is 313 g/mol. The molecule has 0 radical (unpaired) electrons. The summed E-state index contributed by atoms with van der Waals surface area (Å²) in [6.45, 7) is 6.32. The summed E-state index contributed by atoms with van der Waals surface area (Å²) in [4.78, 5) is 19.8. The zero-order chi connectivity index (χ0) is 15.8. The van der Waals surface area contributed by atoms with E-state index in [0.717, 1.165) is 13.0 Å². The van der Waals surface area contributed by atoms with E-state index in [2.05, 4.69) is 12.2 Å². The van der Waals surface area contributed by atoms with Crippen LogP contribution < -0.4 is 5.32 Å². The summed E-state index contributed by atoms with van der Waals surface area (Å²) in [5, 5.41) is 19.3. The average molecular weight is 313 g/mol. The fourth-order valence-corrected chi connectivity index (χ4v) is 1.49. The quantitative estimate of drug-likeness (QED) is 0.403. The molecule has 0 aromatic rings. The molecule has 122 valence electrons. The molecule has 0 bridgehead atoms. The molecule has 0 aliphatic rings. The minimum absolute atomic E-state index is 0. The van der Waals surface area contributed by atoms with Gasteiger partial charge in [0.05, 0.1) is 0 Å². The molecule has 1 unspecified atom stereocenters. The summed E-state index contributed by atoms with van der Waals surface area (Å²) in [7, 11) is 0. The molecule has 5 nitrogen and oxygen atoms in total. The number of hydrogen-bond donors (Lipinski definition) is 3. The van der Waals surface area contributed by atoms with Gasteiger partial charge in [-0.3, -0.25) is 9.59 Å². The fraction of sp³-hybridized carbons (Fsp3) is 0.867. The van der Waals surface area contributed by atoms with Gasteiger partial charge in [-0.25, -0.2) is 0 Å². The van der Waals surface area contributed by atoms with Crippen LogP contribution in [-0.2, 0) is 9.59 Å². The van der Waals surface area contributed by atoms with Crippen LogP contribution in [0.5, 0.6) is 0 Å². The summed E-state index contributed by atoms with van der Waals surface area (Å²) in [6, 6.07) is -0.412. The number of rotatable bonds is 11. The molecule has 0 aromatic heterocycles. The minimum atomic E-state index is -0.766. The SMILES string of the molecule is CCC(=O)O.CCCCCCCCCNC(C)C(=O)O.[NaH]. The van der Waals surface area contributed by atoms with Gasteiger partial charge in [-0.1, -0.05) is 52.4 Å². The fourth-order valence-electron chi connectivity index (χ4n) is 1.49. The van der Waals surface area contributed by atoms with Crippen molar-refractivity contribution in [3.05, 3.63) is 0 Å². The van der Waals surface area contributed by atoms with Crippen LogP contribution in [0.1, 0.15) is 72.1 Å². The van der Waals surface area contributed by atoms with Crippen LogP contribution in [-0.4, -0.2) is 64.3 Å². The molecular formula is C15H32NNaO4. The van der Waals surface area contributed by atoms with Gasteiger partial charge < -0.3 is 15.5 Å². The van der Waals surface area contributed by atoms with Crippen LogP contribution in [0.2, 0.25) is 0 Å². The topological polar surface area (TPSA) is 86.6 Å². The molecule has 0 heterocycles. The first-order valence-electron chi connectivity index (χ1n) is 7.63. The van der Waals surface area contributed by atoms with Crippen molar-refractivity contribution in [2.45, 2.75) is 78.2 Å². The van der Waals surface area contributed by atoms with Gasteiger partial charge in [0, 0.05) is 6.42 Å². The molecule has 3 N–H and O–H groups in total. The molecule has 0 aliphatic heterocycles. The van der Waals surface area contributed by atoms with Crippen LogP contribution in [0, 0.1) is 0 Å². The van der Waals surface area contributed by atoms with E-state index in [-0.39, 0.29) is 36.0 Å². The third-order valence-electron chi connectivity index (χ3n) is 2.90. The summed E-state index contributed by atoms with van der Waals surface area (Å²) in [5.74, 6) is -1.51. The van der Waals surface area contributed by atoms with Crippen molar-refractivity contribution >= 4 is 41.5 Å². The summed E-state index contributed by atoms with van der Waals surface area (Å²) in [5.41, 5.74) is 0. The Morgan fingerprint density at radius 2 is 1.38 bits per heavy atom. The van der Waals surface area contributed by atoms with Crippen molar-refractivity contribution in [1.29, 1.82) is 0 Å². The normalized spacial score (nSPS) is 10.8. The van der Waals surface area contributed by atoms with E-state index in [9.17, 15) is 9.59 Å². The third kappa shape index (κ3) is 25.2. The van der Waals surface area contributed by atoms with E-state index in [1.165, 1.54) is 38.5 Å². The van der Waals surface area contributed by atoms with Crippen molar-refractivity contribution in [2.75, 3.05) is 6.54 Å². The Morgan fingerprint density at radius 1 is 0.952 bits per heavy atom. The van der Waals surface area contributed by atoms with Crippen LogP contribution >= 0.6 is 0 Å². The van der Waals surface area contributed by atoms with Crippen molar-refractivity contribution in [1.82, 2.24) is 5.32 Å². The first kappa shape index (κ1) is 25.8. The van der Waals surface area contributed by atoms with Crippen LogP contribution in [0.4, 0.5) is 0 Å². The molecular weight excluding hydrogens is 281 g/mol. The van der Waals surface area contributed by atoms with Crippen molar-refractivity contribution < 1.29 is 19.8 Å². The second-order valence-corrected chi connectivity index (χ2v) is 4.88. The van der Waals surface area contributed by atoms with E-state index in [1.807, 2.05) is 0 Å². The molecule has 0 saturated carbocycles. The van der Waals surface area contributed by atoms with E-state index >= 15 is 0 Å². The second kappa shape index (κ2) is 19.9. The molecule has 0 aromatic carbocycles. The Bertz CT molecular complexity index is 250. The first-order valence-corrected chi connectivity index (χ1v) is 7.63. The average Bonchev–Trinajstić information content (AvgIpc) is 2.42. The number of aliphatic carboxylic acids is 2. The molecule has 0 saturated heterocycles. The predicted molar refractivity (Wildman–Crippen MR) is 88.2 cm³/mol. The van der Waals surface area contributed by atoms with Crippen LogP contribution in [0.3, 0.4) is 0 Å². The molecule has 0 aliphatic carbocycles. The Hall–Kier alpha value is -0.100. The number of carbonyl (C=O) groups is 2. The van der Waals surface area contributed by atoms with Gasteiger partial charge in [-0.15, -0.1) is 0 Å². The Labute approximate surface area is 151 Å². The predicted octanol–water partition coefficient (Wildman–Crippen LogP) is 2.63. The number of nitrogens with one attached hydrogen (secondary N) is 1. The summed E-state index contributed by atoms with van der Waals surface area (Å²) >= 11 is 0. The molecule has 21 heavy (non-hydrogen) atoms. The molecule has 0 amide bonds. The maximum atomic E-state index is 10.5. The number of unbranched alkanes of at least 4 members (excludes halogenated alkanes) is 6. The summed E-state index contributed by atoms with van der Waals surface area (Å²) < 4.78 is 0. The van der Waals surface area contributed by atoms with Gasteiger partial charge >= 0.3 is 41.5 Å². The maximum absolute atomic E-state index is 10.5. The van der Waals surface area contributed by atoms with Gasteiger partial charge in [0.15, 0.2) is 0 Å². The number of carboxylic acid groups (broad SMARTS) is 2. The van der Waals surface area contributed by atoms with Gasteiger partial charge in [0.1, 0.15) is 6.04 Å². The summed E-state index contributed by atoms with van der Waals surface area (Å²) in [6.07, 6.45) is 9.10. The van der Waals surface area contributed by atoms with Crippen LogP contribution in [0.25, 0.3) is 0 Å². The van der Waals surface area contributed by atoms with Crippen molar-refractivity contribution in [3.8, 4) is 0 Å². The molecule has 6 heteroatoms. The Morgan fingerprint density at radius 3 is 1.76 bits per heavy atom. The molecule has 0 rings (SSSR count). The third-order valence-corrected chi connectivity index (χ3v) is 2.90. The number of hydrogen-bond acceptors (Lipinski definition) is 3. The van der Waals surface area contributed by atoms with Gasteiger partial charge in [-0.2, -0.15) is 0 Å². The van der Waals surface area contributed by atoms with Crippen LogP contribution in [0.15, 0.2) is 0 Å². The Balaban J connectivity index is -0.000000465. The molecule has 1 atom stereocenters. The van der Waals surface area contributed by atoms with Gasteiger partial charge in [-0.05, 0) is 19.9 Å². The Kier molecular flexibility index (Phi) is 24.5. The second-order valence-electron chi connectivity index (χ2n) is 4.88.